The Bertz CT molecular complexity index is 1100. The number of carbonyl (C=O) groups excluding carboxylic acids is 1. The van der Waals surface area contributed by atoms with Gasteiger partial charge in [0.1, 0.15) is 5.82 Å². The number of rotatable bonds is 8. The molecule has 0 radical (unpaired) electrons. The third-order valence-electron chi connectivity index (χ3n) is 4.93. The largest absolute Gasteiger partial charge is 0.353 e. The average molecular weight is 428 g/mol. The van der Waals surface area contributed by atoms with Crippen LogP contribution in [0, 0.1) is 5.82 Å². The van der Waals surface area contributed by atoms with Gasteiger partial charge in [0.25, 0.3) is 5.56 Å². The topological polar surface area (TPSA) is 64.0 Å². The highest BCUT2D eigenvalue weighted by Crippen LogP contribution is 2.28. The fourth-order valence-electron chi connectivity index (χ4n) is 3.11. The van der Waals surface area contributed by atoms with Gasteiger partial charge in [-0.25, -0.2) is 9.37 Å². The Balaban J connectivity index is 2.13. The second-order valence-corrected chi connectivity index (χ2v) is 8.39. The van der Waals surface area contributed by atoms with Crippen LogP contribution in [0.2, 0.25) is 0 Å². The van der Waals surface area contributed by atoms with Gasteiger partial charge < -0.3 is 5.32 Å². The molecule has 2 atom stereocenters. The van der Waals surface area contributed by atoms with Crippen LogP contribution in [0.3, 0.4) is 0 Å². The molecule has 3 aromatic rings. The summed E-state index contributed by atoms with van der Waals surface area (Å²) in [5.74, 6) is -0.617. The third-order valence-corrected chi connectivity index (χ3v) is 6.15. The van der Waals surface area contributed by atoms with Crippen molar-refractivity contribution in [2.24, 2.45) is 0 Å². The van der Waals surface area contributed by atoms with Crippen molar-refractivity contribution >= 4 is 28.6 Å². The molecule has 0 saturated carbocycles. The van der Waals surface area contributed by atoms with E-state index in [1.54, 1.807) is 42.5 Å². The zero-order valence-corrected chi connectivity index (χ0v) is 18.2. The number of nitrogens with zero attached hydrogens (tertiary/aromatic N) is 2. The number of hydrogen-bond acceptors (Lipinski definition) is 4. The Morgan fingerprint density at radius 3 is 2.57 bits per heavy atom. The molecule has 1 amide bonds. The molecule has 0 aliphatic carbocycles. The lowest BCUT2D eigenvalue weighted by Crippen LogP contribution is -2.38. The van der Waals surface area contributed by atoms with Crippen LogP contribution in [-0.4, -0.2) is 26.8 Å². The molecule has 7 heteroatoms. The quantitative estimate of drug-likeness (QED) is 0.418. The molecular weight excluding hydrogens is 401 g/mol. The monoisotopic (exact) mass is 427 g/mol. The molecule has 0 aliphatic heterocycles. The molecule has 1 heterocycles. The summed E-state index contributed by atoms with van der Waals surface area (Å²) in [6.07, 6.45) is 2.24. The van der Waals surface area contributed by atoms with Crippen LogP contribution < -0.4 is 10.9 Å². The van der Waals surface area contributed by atoms with Crippen molar-refractivity contribution in [3.8, 4) is 5.69 Å². The van der Waals surface area contributed by atoms with E-state index in [9.17, 15) is 14.0 Å². The fraction of sp³-hybridized carbons (Fsp3) is 0.348. The molecule has 158 valence electrons. The Morgan fingerprint density at radius 2 is 1.87 bits per heavy atom. The Morgan fingerprint density at radius 1 is 1.17 bits per heavy atom. The third kappa shape index (κ3) is 4.73. The summed E-state index contributed by atoms with van der Waals surface area (Å²) in [5, 5.41) is 3.28. The summed E-state index contributed by atoms with van der Waals surface area (Å²) in [6, 6.07) is 13.1. The number of nitrogens with one attached hydrogen (secondary N) is 1. The van der Waals surface area contributed by atoms with Gasteiger partial charge in [-0.1, -0.05) is 56.3 Å². The number of amides is 1. The maximum Gasteiger partial charge on any atom is 0.266 e. The van der Waals surface area contributed by atoms with E-state index in [4.69, 9.17) is 0 Å². The maximum absolute atomic E-state index is 14.6. The Hall–Kier alpha value is -2.67. The molecule has 0 bridgehead atoms. The van der Waals surface area contributed by atoms with E-state index < -0.39 is 11.1 Å². The minimum atomic E-state index is -0.519. The fourth-order valence-corrected chi connectivity index (χ4v) is 4.33. The SMILES string of the molecule is CCCC(Sc1nc2ccccc2c(=O)n1-c1ccccc1F)C(=O)NC(C)CC. The van der Waals surface area contributed by atoms with Crippen LogP contribution >= 0.6 is 11.8 Å². The number of hydrogen-bond donors (Lipinski definition) is 1. The van der Waals surface area contributed by atoms with Gasteiger partial charge >= 0.3 is 0 Å². The van der Waals surface area contributed by atoms with Crippen molar-refractivity contribution in [2.75, 3.05) is 0 Å². The standard InChI is InChI=1S/C23H26FN3O2S/c1-4-10-20(21(28)25-15(3)5-2)30-23-26-18-13-8-6-11-16(18)22(29)27(23)19-14-9-7-12-17(19)24/h6-9,11-15,20H,4-5,10H2,1-3H3,(H,25,28). The summed E-state index contributed by atoms with van der Waals surface area (Å²) in [4.78, 5) is 30.8. The summed E-state index contributed by atoms with van der Waals surface area (Å²) in [7, 11) is 0. The number of thioether (sulfide) groups is 1. The molecule has 3 rings (SSSR count). The molecule has 0 fully saturated rings. The summed E-state index contributed by atoms with van der Waals surface area (Å²) < 4.78 is 15.9. The van der Waals surface area contributed by atoms with Crippen molar-refractivity contribution in [3.05, 3.63) is 64.7 Å². The highest BCUT2D eigenvalue weighted by atomic mass is 32.2. The second kappa shape index (κ2) is 9.89. The van der Waals surface area contributed by atoms with Crippen LogP contribution in [0.15, 0.2) is 58.5 Å². The second-order valence-electron chi connectivity index (χ2n) is 7.22. The van der Waals surface area contributed by atoms with Crippen molar-refractivity contribution in [3.63, 3.8) is 0 Å². The minimum absolute atomic E-state index is 0.0516. The molecule has 2 aromatic carbocycles. The van der Waals surface area contributed by atoms with E-state index in [1.165, 1.54) is 22.4 Å². The number of aromatic nitrogens is 2. The van der Waals surface area contributed by atoms with E-state index in [-0.39, 0.29) is 23.2 Å². The zero-order valence-electron chi connectivity index (χ0n) is 17.4. The van der Waals surface area contributed by atoms with Gasteiger partial charge in [-0.05, 0) is 44.0 Å². The van der Waals surface area contributed by atoms with E-state index >= 15 is 0 Å². The van der Waals surface area contributed by atoms with Gasteiger partial charge in [-0.2, -0.15) is 0 Å². The van der Waals surface area contributed by atoms with Crippen LogP contribution in [0.1, 0.15) is 40.0 Å². The normalized spacial score (nSPS) is 13.2. The first-order chi connectivity index (χ1) is 14.5. The molecule has 0 aliphatic rings. The van der Waals surface area contributed by atoms with Crippen LogP contribution in [0.5, 0.6) is 0 Å². The van der Waals surface area contributed by atoms with Gasteiger partial charge in [0.05, 0.1) is 21.8 Å². The van der Waals surface area contributed by atoms with Crippen molar-refractivity contribution < 1.29 is 9.18 Å². The lowest BCUT2D eigenvalue weighted by molar-refractivity contribution is -0.121. The number of carbonyl (C=O) groups is 1. The minimum Gasteiger partial charge on any atom is -0.353 e. The molecule has 5 nitrogen and oxygen atoms in total. The van der Waals surface area contributed by atoms with Crippen LogP contribution in [-0.2, 0) is 4.79 Å². The van der Waals surface area contributed by atoms with Crippen molar-refractivity contribution in [1.29, 1.82) is 0 Å². The number of para-hydroxylation sites is 2. The van der Waals surface area contributed by atoms with Gasteiger partial charge in [-0.15, -0.1) is 0 Å². The zero-order chi connectivity index (χ0) is 21.7. The van der Waals surface area contributed by atoms with Gasteiger partial charge in [-0.3, -0.25) is 14.2 Å². The molecule has 30 heavy (non-hydrogen) atoms. The van der Waals surface area contributed by atoms with Gasteiger partial charge in [0, 0.05) is 6.04 Å². The predicted octanol–water partition coefficient (Wildman–Crippen LogP) is 4.70. The van der Waals surface area contributed by atoms with E-state index in [0.29, 0.717) is 22.5 Å². The first kappa shape index (κ1) is 22.0. The maximum atomic E-state index is 14.6. The Kier molecular flexibility index (Phi) is 7.26. The summed E-state index contributed by atoms with van der Waals surface area (Å²) in [5.41, 5.74) is 0.293. The number of fused-ring (bicyclic) bond motifs is 1. The van der Waals surface area contributed by atoms with Crippen molar-refractivity contribution in [2.45, 2.75) is 56.5 Å². The van der Waals surface area contributed by atoms with E-state index in [1.807, 2.05) is 20.8 Å². The molecular formula is C23H26FN3O2S. The number of benzene rings is 2. The lowest BCUT2D eigenvalue weighted by Gasteiger charge is -2.20. The van der Waals surface area contributed by atoms with E-state index in [0.717, 1.165) is 12.8 Å². The van der Waals surface area contributed by atoms with Gasteiger partial charge in [0.15, 0.2) is 5.16 Å². The highest BCUT2D eigenvalue weighted by Gasteiger charge is 2.24. The van der Waals surface area contributed by atoms with Crippen LogP contribution in [0.25, 0.3) is 16.6 Å². The smallest absolute Gasteiger partial charge is 0.266 e. The first-order valence-corrected chi connectivity index (χ1v) is 11.1. The molecule has 1 N–H and O–H groups in total. The first-order valence-electron chi connectivity index (χ1n) is 10.2. The summed E-state index contributed by atoms with van der Waals surface area (Å²) in [6.45, 7) is 5.96. The number of halogens is 1. The molecule has 0 spiro atoms. The molecule has 1 aromatic heterocycles. The Labute approximate surface area is 179 Å². The predicted molar refractivity (Wildman–Crippen MR) is 120 cm³/mol. The van der Waals surface area contributed by atoms with E-state index in [2.05, 4.69) is 10.3 Å². The van der Waals surface area contributed by atoms with Crippen molar-refractivity contribution in [1.82, 2.24) is 14.9 Å². The molecule has 2 unspecified atom stereocenters. The van der Waals surface area contributed by atoms with Crippen LogP contribution in [0.4, 0.5) is 4.39 Å². The van der Waals surface area contributed by atoms with Gasteiger partial charge in [0.2, 0.25) is 5.91 Å². The highest BCUT2D eigenvalue weighted by molar-refractivity contribution is 8.00. The molecule has 0 saturated heterocycles. The summed E-state index contributed by atoms with van der Waals surface area (Å²) >= 11 is 1.21. The lowest BCUT2D eigenvalue weighted by atomic mass is 10.2. The average Bonchev–Trinajstić information content (AvgIpc) is 2.74.